The van der Waals surface area contributed by atoms with Gasteiger partial charge in [-0.25, -0.2) is 4.79 Å². The number of unbranched alkanes of at least 4 members (excludes halogenated alkanes) is 1. The molecule has 0 saturated heterocycles. The molecular formula is C29H39N5O9. The zero-order valence-electron chi connectivity index (χ0n) is 23.6. The molecule has 4 atom stereocenters. The van der Waals surface area contributed by atoms with Crippen molar-refractivity contribution in [2.75, 3.05) is 6.54 Å². The first kappa shape index (κ1) is 34.5. The van der Waals surface area contributed by atoms with Gasteiger partial charge in [-0.2, -0.15) is 0 Å². The number of carboxylic acids is 2. The number of aromatic hydroxyl groups is 2. The van der Waals surface area contributed by atoms with E-state index in [1.54, 1.807) is 12.1 Å². The van der Waals surface area contributed by atoms with Crippen molar-refractivity contribution in [1.29, 1.82) is 0 Å². The number of aliphatic carboxylic acids is 2. The number of hydrogen-bond acceptors (Lipinski definition) is 9. The van der Waals surface area contributed by atoms with E-state index in [-0.39, 0.29) is 30.8 Å². The van der Waals surface area contributed by atoms with E-state index in [0.717, 1.165) is 0 Å². The molecule has 0 spiro atoms. The minimum absolute atomic E-state index is 0.0126. The van der Waals surface area contributed by atoms with Crippen molar-refractivity contribution < 1.29 is 44.4 Å². The van der Waals surface area contributed by atoms with Gasteiger partial charge in [0, 0.05) is 19.3 Å². The van der Waals surface area contributed by atoms with E-state index >= 15 is 0 Å². The Kier molecular flexibility index (Phi) is 13.9. The molecule has 0 aromatic heterocycles. The number of carbonyl (C=O) groups is 5. The Balaban J connectivity index is 2.24. The van der Waals surface area contributed by atoms with Crippen LogP contribution in [0, 0.1) is 0 Å². The number of phenolic OH excluding ortho intramolecular Hbond substituents is 2. The lowest BCUT2D eigenvalue weighted by atomic mass is 10.0. The number of nitrogens with two attached hydrogens (primary N) is 2. The topological polar surface area (TPSA) is 254 Å². The van der Waals surface area contributed by atoms with Crippen LogP contribution < -0.4 is 27.4 Å². The third-order valence-electron chi connectivity index (χ3n) is 6.59. The summed E-state index contributed by atoms with van der Waals surface area (Å²) >= 11 is 0. The summed E-state index contributed by atoms with van der Waals surface area (Å²) in [6.07, 6.45) is 0.473. The summed E-state index contributed by atoms with van der Waals surface area (Å²) in [6, 6.07) is 6.49. The second kappa shape index (κ2) is 17.3. The lowest BCUT2D eigenvalue weighted by Crippen LogP contribution is -2.57. The van der Waals surface area contributed by atoms with Crippen molar-refractivity contribution >= 4 is 29.7 Å². The van der Waals surface area contributed by atoms with Gasteiger partial charge in [0.2, 0.25) is 17.7 Å². The van der Waals surface area contributed by atoms with Gasteiger partial charge in [0.1, 0.15) is 29.6 Å². The van der Waals surface area contributed by atoms with Gasteiger partial charge in [-0.1, -0.05) is 30.7 Å². The second-order valence-corrected chi connectivity index (χ2v) is 10.1. The van der Waals surface area contributed by atoms with Crippen molar-refractivity contribution in [2.24, 2.45) is 11.5 Å². The maximum Gasteiger partial charge on any atom is 0.326 e. The molecule has 0 bridgehead atoms. The van der Waals surface area contributed by atoms with Crippen molar-refractivity contribution in [3.63, 3.8) is 0 Å². The Labute approximate surface area is 248 Å². The summed E-state index contributed by atoms with van der Waals surface area (Å²) in [7, 11) is 0. The Morgan fingerprint density at radius 2 is 1.12 bits per heavy atom. The summed E-state index contributed by atoms with van der Waals surface area (Å²) in [5.74, 6) is -5.04. The van der Waals surface area contributed by atoms with E-state index < -0.39 is 60.2 Å². The highest BCUT2D eigenvalue weighted by molar-refractivity contribution is 5.94. The molecule has 3 amide bonds. The van der Waals surface area contributed by atoms with E-state index in [1.165, 1.54) is 36.4 Å². The van der Waals surface area contributed by atoms with Crippen LogP contribution in [0.3, 0.4) is 0 Å². The molecule has 4 unspecified atom stereocenters. The first-order valence-corrected chi connectivity index (χ1v) is 13.8. The SMILES string of the molecule is NCCCCC(N)C(=O)NC(Cc1ccc(O)cc1)C(=O)NC(CCC(=O)O)C(=O)NC(Cc1ccc(O)cc1)C(=O)O. The zero-order valence-corrected chi connectivity index (χ0v) is 23.6. The number of phenols is 2. The fourth-order valence-electron chi connectivity index (χ4n) is 4.14. The van der Waals surface area contributed by atoms with Crippen molar-refractivity contribution in [2.45, 2.75) is 69.1 Å². The minimum Gasteiger partial charge on any atom is -0.508 e. The van der Waals surface area contributed by atoms with Gasteiger partial charge < -0.3 is 47.8 Å². The number of carboxylic acid groups (broad SMARTS) is 2. The Hall–Kier alpha value is -4.69. The minimum atomic E-state index is -1.46. The third-order valence-corrected chi connectivity index (χ3v) is 6.59. The van der Waals surface area contributed by atoms with Gasteiger partial charge in [-0.05, 0) is 61.2 Å². The largest absolute Gasteiger partial charge is 0.508 e. The fraction of sp³-hybridized carbons (Fsp3) is 0.414. The van der Waals surface area contributed by atoms with Crippen molar-refractivity contribution in [1.82, 2.24) is 16.0 Å². The smallest absolute Gasteiger partial charge is 0.326 e. The van der Waals surface area contributed by atoms with Crippen LogP contribution in [0.1, 0.15) is 43.2 Å². The van der Waals surface area contributed by atoms with Crippen LogP contribution in [0.15, 0.2) is 48.5 Å². The van der Waals surface area contributed by atoms with Crippen molar-refractivity contribution in [3.8, 4) is 11.5 Å². The number of hydrogen-bond donors (Lipinski definition) is 9. The summed E-state index contributed by atoms with van der Waals surface area (Å²) in [4.78, 5) is 62.6. The summed E-state index contributed by atoms with van der Waals surface area (Å²) in [5, 5.41) is 45.3. The number of amides is 3. The van der Waals surface area contributed by atoms with Crippen LogP contribution in [0.4, 0.5) is 0 Å². The molecule has 234 valence electrons. The summed E-state index contributed by atoms with van der Waals surface area (Å²) in [6.45, 7) is 0.428. The molecule has 0 saturated carbocycles. The average molecular weight is 602 g/mol. The molecule has 14 heteroatoms. The lowest BCUT2D eigenvalue weighted by Gasteiger charge is -2.25. The van der Waals surface area contributed by atoms with Crippen LogP contribution in [0.25, 0.3) is 0 Å². The molecule has 0 aliphatic heterocycles. The van der Waals surface area contributed by atoms with Crippen LogP contribution in [0.2, 0.25) is 0 Å². The van der Waals surface area contributed by atoms with E-state index in [4.69, 9.17) is 11.5 Å². The molecule has 0 radical (unpaired) electrons. The molecule has 11 N–H and O–H groups in total. The maximum absolute atomic E-state index is 13.4. The molecule has 0 aliphatic carbocycles. The van der Waals surface area contributed by atoms with Crippen LogP contribution >= 0.6 is 0 Å². The highest BCUT2D eigenvalue weighted by atomic mass is 16.4. The van der Waals surface area contributed by atoms with E-state index in [1.807, 2.05) is 0 Å². The van der Waals surface area contributed by atoms with Crippen LogP contribution in [-0.2, 0) is 36.8 Å². The maximum atomic E-state index is 13.4. The van der Waals surface area contributed by atoms with Gasteiger partial charge in [-0.15, -0.1) is 0 Å². The standard InChI is InChI=1S/C29H39N5O9/c30-14-2-1-3-21(31)26(39)33-23(15-17-4-8-19(35)9-5-17)28(41)32-22(12-13-25(37)38)27(40)34-24(29(42)43)16-18-6-10-20(36)11-7-18/h4-11,21-24,35-36H,1-3,12-16,30-31H2,(H,32,41)(H,33,39)(H,34,40)(H,37,38)(H,42,43). The predicted molar refractivity (Wildman–Crippen MR) is 155 cm³/mol. The first-order chi connectivity index (χ1) is 20.4. The lowest BCUT2D eigenvalue weighted by molar-refractivity contribution is -0.143. The molecule has 14 nitrogen and oxygen atoms in total. The molecule has 2 aromatic rings. The van der Waals surface area contributed by atoms with Gasteiger partial charge >= 0.3 is 11.9 Å². The normalized spacial score (nSPS) is 13.6. The predicted octanol–water partition coefficient (Wildman–Crippen LogP) is -0.257. The zero-order chi connectivity index (χ0) is 31.9. The average Bonchev–Trinajstić information content (AvgIpc) is 2.96. The number of carbonyl (C=O) groups excluding carboxylic acids is 3. The Morgan fingerprint density at radius 1 is 0.651 bits per heavy atom. The number of benzene rings is 2. The second-order valence-electron chi connectivity index (χ2n) is 10.1. The molecule has 0 fully saturated rings. The molecular weight excluding hydrogens is 562 g/mol. The Morgan fingerprint density at radius 3 is 1.60 bits per heavy atom. The van der Waals surface area contributed by atoms with Crippen LogP contribution in [-0.4, -0.2) is 80.8 Å². The molecule has 0 heterocycles. The van der Waals surface area contributed by atoms with Gasteiger partial charge in [0.15, 0.2) is 0 Å². The fourth-order valence-corrected chi connectivity index (χ4v) is 4.14. The number of rotatable bonds is 18. The highest BCUT2D eigenvalue weighted by Crippen LogP contribution is 2.14. The Bertz CT molecular complexity index is 1240. The molecule has 43 heavy (non-hydrogen) atoms. The summed E-state index contributed by atoms with van der Waals surface area (Å²) in [5.41, 5.74) is 12.5. The third kappa shape index (κ3) is 12.4. The van der Waals surface area contributed by atoms with Crippen LogP contribution in [0.5, 0.6) is 11.5 Å². The molecule has 2 aromatic carbocycles. The first-order valence-electron chi connectivity index (χ1n) is 13.8. The van der Waals surface area contributed by atoms with E-state index in [9.17, 15) is 44.4 Å². The van der Waals surface area contributed by atoms with Gasteiger partial charge in [0.25, 0.3) is 0 Å². The monoisotopic (exact) mass is 601 g/mol. The molecule has 0 aliphatic rings. The van der Waals surface area contributed by atoms with Gasteiger partial charge in [-0.3, -0.25) is 19.2 Å². The number of nitrogens with one attached hydrogen (secondary N) is 3. The quantitative estimate of drug-likeness (QED) is 0.101. The van der Waals surface area contributed by atoms with E-state index in [0.29, 0.717) is 36.9 Å². The van der Waals surface area contributed by atoms with E-state index in [2.05, 4.69) is 16.0 Å². The van der Waals surface area contributed by atoms with Gasteiger partial charge in [0.05, 0.1) is 6.04 Å². The molecule has 2 rings (SSSR count). The van der Waals surface area contributed by atoms with Crippen molar-refractivity contribution in [3.05, 3.63) is 59.7 Å². The summed E-state index contributed by atoms with van der Waals surface area (Å²) < 4.78 is 0. The highest BCUT2D eigenvalue weighted by Gasteiger charge is 2.31.